The number of furan rings is 1. The van der Waals surface area contributed by atoms with Gasteiger partial charge in [0.15, 0.2) is 0 Å². The van der Waals surface area contributed by atoms with Crippen molar-refractivity contribution in [2.75, 3.05) is 13.7 Å². The number of methoxy groups -OCH3 is 1. The van der Waals surface area contributed by atoms with Crippen LogP contribution in [0.4, 0.5) is 0 Å². The minimum absolute atomic E-state index is 0.606. The molecule has 0 aromatic carbocycles. The first kappa shape index (κ1) is 14.0. The molecular weight excluding hydrogens is 278 g/mol. The third-order valence-corrected chi connectivity index (χ3v) is 4.66. The van der Waals surface area contributed by atoms with Gasteiger partial charge >= 0.3 is 0 Å². The molecule has 22 heavy (non-hydrogen) atoms. The van der Waals surface area contributed by atoms with Crippen LogP contribution < -0.4 is 0 Å². The number of hydrogen-bond acceptors (Lipinski definition) is 4. The van der Waals surface area contributed by atoms with E-state index in [1.165, 1.54) is 24.1 Å². The lowest BCUT2D eigenvalue weighted by atomic mass is 10.0. The molecule has 0 spiro atoms. The first-order valence-corrected chi connectivity index (χ1v) is 8.14. The molecule has 118 valence electrons. The molecule has 0 amide bonds. The van der Waals surface area contributed by atoms with E-state index in [-0.39, 0.29) is 0 Å². The summed E-state index contributed by atoms with van der Waals surface area (Å²) >= 11 is 0. The van der Waals surface area contributed by atoms with Crippen molar-refractivity contribution in [2.45, 2.75) is 45.5 Å². The predicted octanol–water partition coefficient (Wildman–Crippen LogP) is 2.59. The minimum atomic E-state index is 0.606. The standard InChI is InChI=1S/C17H23N3O2/c1-21-12-16-15-11-19(10-14-3-2-8-22-14)7-6-17(15)20(18-16)9-13-4-5-13/h2-3,8,13H,4-7,9-12H2,1H3. The minimum Gasteiger partial charge on any atom is -0.468 e. The number of hydrogen-bond donors (Lipinski definition) is 0. The summed E-state index contributed by atoms with van der Waals surface area (Å²) in [5.41, 5.74) is 3.91. The smallest absolute Gasteiger partial charge is 0.117 e. The van der Waals surface area contributed by atoms with Crippen molar-refractivity contribution in [2.24, 2.45) is 5.92 Å². The van der Waals surface area contributed by atoms with Gasteiger partial charge in [0, 0.05) is 44.4 Å². The van der Waals surface area contributed by atoms with Gasteiger partial charge in [-0.25, -0.2) is 0 Å². The van der Waals surface area contributed by atoms with Crippen molar-refractivity contribution < 1.29 is 9.15 Å². The summed E-state index contributed by atoms with van der Waals surface area (Å²) in [5.74, 6) is 1.88. The molecular formula is C17H23N3O2. The van der Waals surface area contributed by atoms with Crippen molar-refractivity contribution >= 4 is 0 Å². The van der Waals surface area contributed by atoms with E-state index in [2.05, 4.69) is 9.58 Å². The van der Waals surface area contributed by atoms with Crippen LogP contribution in [0.25, 0.3) is 0 Å². The van der Waals surface area contributed by atoms with E-state index in [4.69, 9.17) is 14.3 Å². The molecule has 0 radical (unpaired) electrons. The molecule has 2 aromatic heterocycles. The van der Waals surface area contributed by atoms with Gasteiger partial charge in [-0.15, -0.1) is 0 Å². The Bertz CT molecular complexity index is 629. The van der Waals surface area contributed by atoms with E-state index in [1.54, 1.807) is 13.4 Å². The zero-order valence-corrected chi connectivity index (χ0v) is 13.1. The summed E-state index contributed by atoms with van der Waals surface area (Å²) in [6.45, 7) is 4.57. The zero-order chi connectivity index (χ0) is 14.9. The maximum absolute atomic E-state index is 5.48. The van der Waals surface area contributed by atoms with Crippen LogP contribution in [-0.2, 0) is 37.4 Å². The molecule has 5 heteroatoms. The summed E-state index contributed by atoms with van der Waals surface area (Å²) < 4.78 is 13.1. The van der Waals surface area contributed by atoms with Gasteiger partial charge in [-0.1, -0.05) is 0 Å². The van der Waals surface area contributed by atoms with Crippen molar-refractivity contribution in [1.29, 1.82) is 0 Å². The lowest BCUT2D eigenvalue weighted by molar-refractivity contribution is 0.176. The highest BCUT2D eigenvalue weighted by atomic mass is 16.5. The van der Waals surface area contributed by atoms with Crippen molar-refractivity contribution in [1.82, 2.24) is 14.7 Å². The Morgan fingerprint density at radius 1 is 1.41 bits per heavy atom. The topological polar surface area (TPSA) is 43.4 Å². The lowest BCUT2D eigenvalue weighted by Crippen LogP contribution is -2.31. The fourth-order valence-corrected chi connectivity index (χ4v) is 3.32. The van der Waals surface area contributed by atoms with Crippen molar-refractivity contribution in [3.8, 4) is 0 Å². The van der Waals surface area contributed by atoms with Gasteiger partial charge in [0.1, 0.15) is 5.76 Å². The molecule has 0 atom stereocenters. The summed E-state index contributed by atoms with van der Waals surface area (Å²) in [5, 5.41) is 4.83. The molecule has 0 unspecified atom stereocenters. The Morgan fingerprint density at radius 3 is 3.05 bits per heavy atom. The summed E-state index contributed by atoms with van der Waals surface area (Å²) in [6.07, 6.45) is 5.53. The Hall–Kier alpha value is -1.59. The molecule has 1 aliphatic carbocycles. The molecule has 4 rings (SSSR count). The fraction of sp³-hybridized carbons (Fsp3) is 0.588. The van der Waals surface area contributed by atoms with Crippen LogP contribution in [0, 0.1) is 5.92 Å². The Morgan fingerprint density at radius 2 is 2.32 bits per heavy atom. The van der Waals surface area contributed by atoms with Crippen molar-refractivity contribution in [3.05, 3.63) is 41.1 Å². The van der Waals surface area contributed by atoms with E-state index in [0.29, 0.717) is 6.61 Å². The lowest BCUT2D eigenvalue weighted by Gasteiger charge is -2.27. The highest BCUT2D eigenvalue weighted by molar-refractivity contribution is 5.29. The maximum Gasteiger partial charge on any atom is 0.117 e. The summed E-state index contributed by atoms with van der Waals surface area (Å²) in [7, 11) is 1.75. The second kappa shape index (κ2) is 5.89. The highest BCUT2D eigenvalue weighted by Gasteiger charge is 2.28. The third kappa shape index (κ3) is 2.83. The first-order valence-electron chi connectivity index (χ1n) is 8.14. The van der Waals surface area contributed by atoms with Crippen LogP contribution in [-0.4, -0.2) is 28.3 Å². The van der Waals surface area contributed by atoms with E-state index >= 15 is 0 Å². The van der Waals surface area contributed by atoms with Gasteiger partial charge in [0.05, 0.1) is 25.1 Å². The van der Waals surface area contributed by atoms with Crippen LogP contribution in [0.15, 0.2) is 22.8 Å². The number of aromatic nitrogens is 2. The number of fused-ring (bicyclic) bond motifs is 1. The second-order valence-corrected chi connectivity index (χ2v) is 6.47. The molecule has 1 saturated carbocycles. The third-order valence-electron chi connectivity index (χ3n) is 4.66. The van der Waals surface area contributed by atoms with Gasteiger partial charge in [0.2, 0.25) is 0 Å². The summed E-state index contributed by atoms with van der Waals surface area (Å²) in [4.78, 5) is 2.43. The molecule has 1 aliphatic heterocycles. The maximum atomic E-state index is 5.48. The molecule has 1 fully saturated rings. The predicted molar refractivity (Wildman–Crippen MR) is 82.2 cm³/mol. The first-order chi connectivity index (χ1) is 10.8. The number of nitrogens with zero attached hydrogens (tertiary/aromatic N) is 3. The highest BCUT2D eigenvalue weighted by Crippen LogP contribution is 2.33. The largest absolute Gasteiger partial charge is 0.468 e. The normalized spacial score (nSPS) is 18.6. The second-order valence-electron chi connectivity index (χ2n) is 6.47. The van der Waals surface area contributed by atoms with Gasteiger partial charge < -0.3 is 9.15 Å². The van der Waals surface area contributed by atoms with E-state index in [9.17, 15) is 0 Å². The number of rotatable bonds is 6. The van der Waals surface area contributed by atoms with E-state index in [1.807, 2.05) is 12.1 Å². The molecule has 2 aromatic rings. The number of ether oxygens (including phenoxy) is 1. The van der Waals surface area contributed by atoms with Gasteiger partial charge in [0.25, 0.3) is 0 Å². The Labute approximate surface area is 130 Å². The molecule has 0 saturated heterocycles. The van der Waals surface area contributed by atoms with Crippen LogP contribution in [0.1, 0.15) is 35.6 Å². The Balaban J connectivity index is 1.54. The van der Waals surface area contributed by atoms with Crippen LogP contribution in [0.3, 0.4) is 0 Å². The van der Waals surface area contributed by atoms with E-state index < -0.39 is 0 Å². The van der Waals surface area contributed by atoms with Gasteiger partial charge in [-0.2, -0.15) is 5.10 Å². The quantitative estimate of drug-likeness (QED) is 0.822. The monoisotopic (exact) mass is 301 g/mol. The molecule has 5 nitrogen and oxygen atoms in total. The van der Waals surface area contributed by atoms with Gasteiger partial charge in [-0.05, 0) is 30.9 Å². The van der Waals surface area contributed by atoms with Crippen LogP contribution >= 0.6 is 0 Å². The molecule has 3 heterocycles. The van der Waals surface area contributed by atoms with Crippen LogP contribution in [0.5, 0.6) is 0 Å². The van der Waals surface area contributed by atoms with Crippen LogP contribution in [0.2, 0.25) is 0 Å². The molecule has 0 bridgehead atoms. The Kier molecular flexibility index (Phi) is 3.76. The zero-order valence-electron chi connectivity index (χ0n) is 13.1. The average molecular weight is 301 g/mol. The fourth-order valence-electron chi connectivity index (χ4n) is 3.32. The average Bonchev–Trinajstić information content (AvgIpc) is 3.07. The van der Waals surface area contributed by atoms with E-state index in [0.717, 1.165) is 50.0 Å². The summed E-state index contributed by atoms with van der Waals surface area (Å²) in [6, 6.07) is 4.00. The molecule has 0 N–H and O–H groups in total. The SMILES string of the molecule is COCc1nn(CC2CC2)c2c1CN(Cc1ccco1)CC2. The van der Waals surface area contributed by atoms with Crippen molar-refractivity contribution in [3.63, 3.8) is 0 Å². The van der Waals surface area contributed by atoms with Gasteiger partial charge in [-0.3, -0.25) is 9.58 Å². The molecule has 2 aliphatic rings.